The van der Waals surface area contributed by atoms with Gasteiger partial charge in [0, 0.05) is 18.8 Å². The molecular formula is C23H38O6. The van der Waals surface area contributed by atoms with E-state index in [2.05, 4.69) is 20.8 Å². The van der Waals surface area contributed by atoms with Crippen molar-refractivity contribution in [3.05, 3.63) is 0 Å². The van der Waals surface area contributed by atoms with Gasteiger partial charge in [0.25, 0.3) is 0 Å². The van der Waals surface area contributed by atoms with Gasteiger partial charge in [-0.05, 0) is 50.9 Å². The first-order valence-corrected chi connectivity index (χ1v) is 11.0. The van der Waals surface area contributed by atoms with Crippen molar-refractivity contribution in [2.45, 2.75) is 103 Å². The predicted molar refractivity (Wildman–Crippen MR) is 108 cm³/mol. The van der Waals surface area contributed by atoms with Crippen molar-refractivity contribution in [1.82, 2.24) is 0 Å². The van der Waals surface area contributed by atoms with E-state index in [1.807, 2.05) is 20.8 Å². The van der Waals surface area contributed by atoms with Crippen molar-refractivity contribution < 1.29 is 29.3 Å². The van der Waals surface area contributed by atoms with E-state index in [1.165, 1.54) is 0 Å². The molecule has 2 N–H and O–H groups in total. The summed E-state index contributed by atoms with van der Waals surface area (Å²) in [5.41, 5.74) is -3.73. The minimum absolute atomic E-state index is 0.0185. The van der Waals surface area contributed by atoms with E-state index < -0.39 is 28.2 Å². The van der Waals surface area contributed by atoms with Crippen molar-refractivity contribution >= 4 is 11.9 Å². The molecule has 0 spiro atoms. The van der Waals surface area contributed by atoms with Gasteiger partial charge in [0.2, 0.25) is 0 Å². The van der Waals surface area contributed by atoms with Crippen molar-refractivity contribution in [1.29, 1.82) is 0 Å². The Balaban J connectivity index is 1.72. The fourth-order valence-corrected chi connectivity index (χ4v) is 6.73. The van der Waals surface area contributed by atoms with E-state index in [4.69, 9.17) is 9.47 Å². The molecule has 0 aromatic carbocycles. The van der Waals surface area contributed by atoms with Crippen LogP contribution in [0, 0.1) is 22.7 Å². The highest BCUT2D eigenvalue weighted by atomic mass is 16.6. The molecule has 0 aliphatic heterocycles. The fourth-order valence-electron chi connectivity index (χ4n) is 6.73. The third-order valence-corrected chi connectivity index (χ3v) is 7.43. The Bertz CT molecular complexity index is 679. The zero-order valence-electron chi connectivity index (χ0n) is 18.8. The summed E-state index contributed by atoms with van der Waals surface area (Å²) in [5.74, 6) is -0.846. The summed E-state index contributed by atoms with van der Waals surface area (Å²) >= 11 is 0. The van der Waals surface area contributed by atoms with Crippen LogP contribution < -0.4 is 0 Å². The third-order valence-electron chi connectivity index (χ3n) is 7.43. The molecule has 4 rings (SSSR count). The average Bonchev–Trinajstić information content (AvgIpc) is 2.49. The summed E-state index contributed by atoms with van der Waals surface area (Å²) in [5, 5.41) is 22.6. The number of carbonyl (C=O) groups excluding carboxylic acids is 2. The Morgan fingerprint density at radius 1 is 1.03 bits per heavy atom. The number of aliphatic hydroxyl groups is 2. The number of rotatable bonds is 6. The van der Waals surface area contributed by atoms with Crippen molar-refractivity contribution in [2.24, 2.45) is 22.7 Å². The first kappa shape index (κ1) is 22.5. The summed E-state index contributed by atoms with van der Waals surface area (Å²) in [6, 6.07) is 0. The number of ether oxygens (including phenoxy) is 2. The summed E-state index contributed by atoms with van der Waals surface area (Å²) in [6.07, 6.45) is 3.34. The fraction of sp³-hybridized carbons (Fsp3) is 0.913. The highest BCUT2D eigenvalue weighted by Gasteiger charge is 2.71. The highest BCUT2D eigenvalue weighted by Crippen LogP contribution is 2.66. The molecule has 5 atom stereocenters. The first-order chi connectivity index (χ1) is 13.1. The van der Waals surface area contributed by atoms with Gasteiger partial charge in [-0.2, -0.15) is 0 Å². The molecule has 4 fully saturated rings. The lowest BCUT2D eigenvalue weighted by atomic mass is 9.42. The van der Waals surface area contributed by atoms with E-state index >= 15 is 0 Å². The monoisotopic (exact) mass is 410 g/mol. The van der Waals surface area contributed by atoms with Crippen LogP contribution in [0.1, 0.15) is 86.5 Å². The molecule has 4 saturated carbocycles. The van der Waals surface area contributed by atoms with E-state index in [1.54, 1.807) is 0 Å². The maximum absolute atomic E-state index is 12.7. The van der Waals surface area contributed by atoms with Crippen LogP contribution in [0.15, 0.2) is 0 Å². The van der Waals surface area contributed by atoms with E-state index in [0.29, 0.717) is 38.5 Å². The van der Waals surface area contributed by atoms with Crippen LogP contribution in [0.4, 0.5) is 0 Å². The van der Waals surface area contributed by atoms with Crippen LogP contribution in [0.3, 0.4) is 0 Å². The van der Waals surface area contributed by atoms with Crippen LogP contribution in [-0.4, -0.2) is 45.6 Å². The Kier molecular flexibility index (Phi) is 5.40. The van der Waals surface area contributed by atoms with E-state index in [0.717, 1.165) is 0 Å². The van der Waals surface area contributed by atoms with Gasteiger partial charge in [0.05, 0.1) is 23.0 Å². The molecular weight excluding hydrogens is 372 g/mol. The maximum atomic E-state index is 12.7. The van der Waals surface area contributed by atoms with Gasteiger partial charge in [0.15, 0.2) is 0 Å². The largest absolute Gasteiger partial charge is 0.465 e. The summed E-state index contributed by atoms with van der Waals surface area (Å²) < 4.78 is 11.3. The molecule has 0 radical (unpaired) electrons. The number of hydrogen-bond donors (Lipinski definition) is 2. The second-order valence-electron chi connectivity index (χ2n) is 11.6. The van der Waals surface area contributed by atoms with Gasteiger partial charge in [0.1, 0.15) is 12.2 Å². The smallest absolute Gasteiger partial charge is 0.311 e. The Hall–Kier alpha value is -1.14. The second kappa shape index (κ2) is 6.94. The second-order valence-corrected chi connectivity index (χ2v) is 11.6. The van der Waals surface area contributed by atoms with E-state index in [-0.39, 0.29) is 36.2 Å². The molecule has 4 aliphatic rings. The predicted octanol–water partition coefficient (Wildman–Crippen LogP) is 3.37. The molecule has 0 saturated heterocycles. The summed E-state index contributed by atoms with van der Waals surface area (Å²) in [4.78, 5) is 24.8. The van der Waals surface area contributed by atoms with E-state index in [9.17, 15) is 19.8 Å². The number of hydrogen-bond acceptors (Lipinski definition) is 6. The number of carbonyl (C=O) groups is 2. The molecule has 6 nitrogen and oxygen atoms in total. The Morgan fingerprint density at radius 3 is 2.24 bits per heavy atom. The maximum Gasteiger partial charge on any atom is 0.311 e. The lowest BCUT2D eigenvalue weighted by molar-refractivity contribution is -0.311. The average molecular weight is 411 g/mol. The standard InChI is InChI=1S/C23H38O6/c1-7-20(5,6)18(25)28-9-8-16(24)29-23-12-15-10-21(26,14-23)13-22(27,11-15)17(23)19(2,3)4/h15,17,26-27H,7-14H2,1-6H3. The van der Waals surface area contributed by atoms with Crippen molar-refractivity contribution in [3.8, 4) is 0 Å². The molecule has 5 unspecified atom stereocenters. The lowest BCUT2D eigenvalue weighted by Crippen LogP contribution is -2.74. The summed E-state index contributed by atoms with van der Waals surface area (Å²) in [6.45, 7) is 11.7. The summed E-state index contributed by atoms with van der Waals surface area (Å²) in [7, 11) is 0. The van der Waals surface area contributed by atoms with Gasteiger partial charge in [-0.25, -0.2) is 0 Å². The molecule has 0 aromatic heterocycles. The lowest BCUT2D eigenvalue weighted by Gasteiger charge is -2.68. The Morgan fingerprint density at radius 2 is 1.69 bits per heavy atom. The third kappa shape index (κ3) is 4.07. The van der Waals surface area contributed by atoms with Gasteiger partial charge in [-0.1, -0.05) is 27.7 Å². The van der Waals surface area contributed by atoms with Gasteiger partial charge in [-0.3, -0.25) is 9.59 Å². The molecule has 0 amide bonds. The van der Waals surface area contributed by atoms with Gasteiger partial charge < -0.3 is 19.7 Å². The topological polar surface area (TPSA) is 93.1 Å². The first-order valence-electron chi connectivity index (χ1n) is 11.0. The quantitative estimate of drug-likeness (QED) is 0.652. The van der Waals surface area contributed by atoms with Crippen molar-refractivity contribution in [3.63, 3.8) is 0 Å². The van der Waals surface area contributed by atoms with Crippen LogP contribution in [0.25, 0.3) is 0 Å². The van der Waals surface area contributed by atoms with Crippen LogP contribution >= 0.6 is 0 Å². The highest BCUT2D eigenvalue weighted by molar-refractivity contribution is 5.76. The normalized spacial score (nSPS) is 38.8. The molecule has 4 bridgehead atoms. The van der Waals surface area contributed by atoms with Gasteiger partial charge in [-0.15, -0.1) is 0 Å². The zero-order valence-corrected chi connectivity index (χ0v) is 18.8. The van der Waals surface area contributed by atoms with Gasteiger partial charge >= 0.3 is 11.9 Å². The zero-order chi connectivity index (χ0) is 21.9. The molecule has 166 valence electrons. The minimum Gasteiger partial charge on any atom is -0.465 e. The van der Waals surface area contributed by atoms with Crippen LogP contribution in [0.5, 0.6) is 0 Å². The molecule has 0 aromatic rings. The van der Waals surface area contributed by atoms with Crippen LogP contribution in [-0.2, 0) is 19.1 Å². The minimum atomic E-state index is -1.02. The van der Waals surface area contributed by atoms with Crippen molar-refractivity contribution in [2.75, 3.05) is 6.61 Å². The molecule has 4 aliphatic carbocycles. The Labute approximate surface area is 174 Å². The number of esters is 2. The molecule has 29 heavy (non-hydrogen) atoms. The van der Waals surface area contributed by atoms with Crippen LogP contribution in [0.2, 0.25) is 0 Å². The SMILES string of the molecule is CCC(C)(C)C(=O)OCCC(=O)OC12CC3CC(O)(CC(O)(C3)C1C(C)(C)C)C2. The molecule has 6 heteroatoms. The molecule has 0 heterocycles.